The van der Waals surface area contributed by atoms with Gasteiger partial charge in [-0.1, -0.05) is 6.08 Å². The molecular formula is C16H26FNO6. The Morgan fingerprint density at radius 2 is 1.92 bits per heavy atom. The highest BCUT2D eigenvalue weighted by atomic mass is 19.1. The van der Waals surface area contributed by atoms with Gasteiger partial charge in [-0.3, -0.25) is 4.39 Å². The summed E-state index contributed by atoms with van der Waals surface area (Å²) in [7, 11) is 0. The average Bonchev–Trinajstić information content (AvgIpc) is 2.43. The fourth-order valence-corrected chi connectivity index (χ4v) is 1.70. The van der Waals surface area contributed by atoms with Gasteiger partial charge in [0.2, 0.25) is 0 Å². The van der Waals surface area contributed by atoms with Gasteiger partial charge in [0.05, 0.1) is 13.3 Å². The van der Waals surface area contributed by atoms with Crippen LogP contribution in [0.25, 0.3) is 0 Å². The first-order valence-corrected chi connectivity index (χ1v) is 7.75. The van der Waals surface area contributed by atoms with Crippen LogP contribution in [0.3, 0.4) is 0 Å². The van der Waals surface area contributed by atoms with Crippen molar-refractivity contribution < 1.29 is 33.4 Å². The molecule has 1 amide bonds. The lowest BCUT2D eigenvalue weighted by Crippen LogP contribution is -2.43. The summed E-state index contributed by atoms with van der Waals surface area (Å²) < 4.78 is 22.2. The van der Waals surface area contributed by atoms with Gasteiger partial charge in [0.25, 0.3) is 0 Å². The number of rotatable bonds is 9. The monoisotopic (exact) mass is 347 g/mol. The first-order valence-electron chi connectivity index (χ1n) is 7.75. The number of amides is 1. The number of carbonyl (C=O) groups is 3. The smallest absolute Gasteiger partial charge is 0.408 e. The second kappa shape index (κ2) is 10.6. The van der Waals surface area contributed by atoms with E-state index in [1.807, 2.05) is 0 Å². The lowest BCUT2D eigenvalue weighted by atomic mass is 10.1. The molecule has 1 atom stereocenters. The third-order valence-electron chi connectivity index (χ3n) is 2.71. The fourth-order valence-electron chi connectivity index (χ4n) is 1.70. The van der Waals surface area contributed by atoms with Crippen LogP contribution in [0.1, 0.15) is 47.0 Å². The second-order valence-electron chi connectivity index (χ2n) is 6.02. The van der Waals surface area contributed by atoms with Crippen LogP contribution in [-0.2, 0) is 19.1 Å². The van der Waals surface area contributed by atoms with Crippen LogP contribution >= 0.6 is 0 Å². The van der Waals surface area contributed by atoms with Crippen molar-refractivity contribution in [3.05, 3.63) is 11.6 Å². The summed E-state index contributed by atoms with van der Waals surface area (Å²) in [5.41, 5.74) is -0.577. The minimum atomic E-state index is -1.27. The van der Waals surface area contributed by atoms with Gasteiger partial charge in [-0.05, 0) is 47.0 Å². The van der Waals surface area contributed by atoms with E-state index >= 15 is 0 Å². The highest BCUT2D eigenvalue weighted by molar-refractivity contribution is 5.88. The van der Waals surface area contributed by atoms with Gasteiger partial charge in [-0.15, -0.1) is 0 Å². The zero-order chi connectivity index (χ0) is 18.8. The van der Waals surface area contributed by atoms with Gasteiger partial charge < -0.3 is 19.9 Å². The SMILES string of the molecule is CCOC(=O)/C(=C\C[C@H](NC(=O)OC(C)(C)C)C(=O)O)CCCF. The Labute approximate surface area is 141 Å². The number of ether oxygens (including phenoxy) is 2. The minimum Gasteiger partial charge on any atom is -0.480 e. The largest absolute Gasteiger partial charge is 0.480 e. The van der Waals surface area contributed by atoms with E-state index in [1.165, 1.54) is 6.08 Å². The molecule has 7 nitrogen and oxygen atoms in total. The molecule has 0 saturated carbocycles. The minimum absolute atomic E-state index is 0.127. The molecule has 0 unspecified atom stereocenters. The summed E-state index contributed by atoms with van der Waals surface area (Å²) >= 11 is 0. The molecule has 0 fully saturated rings. The zero-order valence-corrected chi connectivity index (χ0v) is 14.6. The first-order chi connectivity index (χ1) is 11.1. The van der Waals surface area contributed by atoms with E-state index in [9.17, 15) is 23.9 Å². The number of carboxylic acid groups (broad SMARTS) is 1. The van der Waals surface area contributed by atoms with Gasteiger partial charge in [0.1, 0.15) is 11.6 Å². The number of carboxylic acids is 1. The Morgan fingerprint density at radius 3 is 2.38 bits per heavy atom. The fraction of sp³-hybridized carbons (Fsp3) is 0.688. The van der Waals surface area contributed by atoms with E-state index in [1.54, 1.807) is 27.7 Å². The lowest BCUT2D eigenvalue weighted by Gasteiger charge is -2.21. The predicted octanol–water partition coefficient (Wildman–Crippen LogP) is 2.59. The zero-order valence-electron chi connectivity index (χ0n) is 14.6. The van der Waals surface area contributed by atoms with E-state index in [0.29, 0.717) is 0 Å². The molecule has 0 aliphatic heterocycles. The molecule has 0 radical (unpaired) electrons. The van der Waals surface area contributed by atoms with Gasteiger partial charge >= 0.3 is 18.0 Å². The van der Waals surface area contributed by atoms with Crippen molar-refractivity contribution in [2.75, 3.05) is 13.3 Å². The summed E-state index contributed by atoms with van der Waals surface area (Å²) in [6.45, 7) is 6.14. The van der Waals surface area contributed by atoms with Crippen LogP contribution in [0.15, 0.2) is 11.6 Å². The number of halogens is 1. The summed E-state index contributed by atoms with van der Waals surface area (Å²) in [6.07, 6.45) is 0.596. The second-order valence-corrected chi connectivity index (χ2v) is 6.02. The summed E-state index contributed by atoms with van der Waals surface area (Å²) in [5, 5.41) is 11.4. The molecule has 138 valence electrons. The maximum Gasteiger partial charge on any atom is 0.408 e. The molecule has 0 aliphatic rings. The van der Waals surface area contributed by atoms with Crippen LogP contribution in [0, 0.1) is 0 Å². The number of hydrogen-bond acceptors (Lipinski definition) is 5. The number of nitrogens with one attached hydrogen (secondary N) is 1. The Balaban J connectivity index is 4.95. The number of hydrogen-bond donors (Lipinski definition) is 2. The Kier molecular flexibility index (Phi) is 9.68. The van der Waals surface area contributed by atoms with Crippen molar-refractivity contribution in [3.63, 3.8) is 0 Å². The van der Waals surface area contributed by atoms with E-state index < -0.39 is 36.3 Å². The first kappa shape index (κ1) is 21.9. The van der Waals surface area contributed by atoms with Crippen LogP contribution in [-0.4, -0.2) is 48.1 Å². The standard InChI is InChI=1S/C16H26FNO6/c1-5-23-14(21)11(7-6-10-17)8-9-12(13(19)20)18-15(22)24-16(2,3)4/h8,12H,5-7,9-10H2,1-4H3,(H,18,22)(H,19,20)/b11-8-/t12-/m0/s1. The van der Waals surface area contributed by atoms with Crippen LogP contribution < -0.4 is 5.32 Å². The van der Waals surface area contributed by atoms with Gasteiger partial charge in [0.15, 0.2) is 0 Å². The van der Waals surface area contributed by atoms with Crippen molar-refractivity contribution in [1.29, 1.82) is 0 Å². The molecule has 0 aromatic heterocycles. The number of esters is 1. The van der Waals surface area contributed by atoms with E-state index in [0.717, 1.165) is 0 Å². The Bertz CT molecular complexity index is 470. The molecule has 0 spiro atoms. The van der Waals surface area contributed by atoms with Gasteiger partial charge in [-0.2, -0.15) is 0 Å². The van der Waals surface area contributed by atoms with Gasteiger partial charge in [-0.25, -0.2) is 14.4 Å². The molecule has 0 heterocycles. The molecule has 0 rings (SSSR count). The molecule has 0 bridgehead atoms. The van der Waals surface area contributed by atoms with Crippen molar-refractivity contribution in [2.24, 2.45) is 0 Å². The van der Waals surface area contributed by atoms with E-state index in [4.69, 9.17) is 9.47 Å². The molecule has 2 N–H and O–H groups in total. The molecule has 0 aliphatic carbocycles. The van der Waals surface area contributed by atoms with Gasteiger partial charge in [0, 0.05) is 5.57 Å². The molecule has 0 aromatic carbocycles. The number of alkyl halides is 1. The Morgan fingerprint density at radius 1 is 1.29 bits per heavy atom. The number of aliphatic carboxylic acids is 1. The lowest BCUT2D eigenvalue weighted by molar-refractivity contribution is -0.140. The third-order valence-corrected chi connectivity index (χ3v) is 2.71. The maximum atomic E-state index is 12.3. The maximum absolute atomic E-state index is 12.3. The summed E-state index contributed by atoms with van der Waals surface area (Å²) in [5.74, 6) is -1.89. The number of alkyl carbamates (subject to hydrolysis) is 1. The quantitative estimate of drug-likeness (QED) is 0.491. The highest BCUT2D eigenvalue weighted by Crippen LogP contribution is 2.12. The summed E-state index contributed by atoms with van der Waals surface area (Å²) in [4.78, 5) is 34.7. The third kappa shape index (κ3) is 9.81. The van der Waals surface area contributed by atoms with Crippen molar-refractivity contribution in [3.8, 4) is 0 Å². The van der Waals surface area contributed by atoms with E-state index in [-0.39, 0.29) is 31.4 Å². The number of carbonyl (C=O) groups excluding carboxylic acids is 2. The van der Waals surface area contributed by atoms with Crippen molar-refractivity contribution in [2.45, 2.75) is 58.6 Å². The average molecular weight is 347 g/mol. The predicted molar refractivity (Wildman–Crippen MR) is 85.3 cm³/mol. The molecule has 8 heteroatoms. The Hall–Kier alpha value is -2.12. The van der Waals surface area contributed by atoms with E-state index in [2.05, 4.69) is 5.32 Å². The highest BCUT2D eigenvalue weighted by Gasteiger charge is 2.23. The molecule has 24 heavy (non-hydrogen) atoms. The molecule has 0 saturated heterocycles. The topological polar surface area (TPSA) is 102 Å². The van der Waals surface area contributed by atoms with Crippen molar-refractivity contribution >= 4 is 18.0 Å². The van der Waals surface area contributed by atoms with Crippen LogP contribution in [0.4, 0.5) is 9.18 Å². The van der Waals surface area contributed by atoms with Crippen LogP contribution in [0.5, 0.6) is 0 Å². The molecule has 0 aromatic rings. The molecular weight excluding hydrogens is 321 g/mol. The normalized spacial score (nSPS) is 13.1. The summed E-state index contributed by atoms with van der Waals surface area (Å²) in [6, 6.07) is -1.27. The van der Waals surface area contributed by atoms with Crippen LogP contribution in [0.2, 0.25) is 0 Å². The van der Waals surface area contributed by atoms with Crippen molar-refractivity contribution in [1.82, 2.24) is 5.32 Å².